The maximum Gasteiger partial charge on any atom is 0.119 e. The Hall–Kier alpha value is -1.06. The van der Waals surface area contributed by atoms with Gasteiger partial charge >= 0.3 is 0 Å². The Labute approximate surface area is 118 Å². The van der Waals surface area contributed by atoms with Crippen LogP contribution in [0.15, 0.2) is 24.3 Å². The lowest BCUT2D eigenvalue weighted by Crippen LogP contribution is -2.36. The number of hydrogen-bond acceptors (Lipinski definition) is 3. The Balaban J connectivity index is 2.32. The molecule has 0 saturated heterocycles. The van der Waals surface area contributed by atoms with E-state index in [0.717, 1.165) is 25.4 Å². The van der Waals surface area contributed by atoms with E-state index in [1.807, 2.05) is 12.1 Å². The molecule has 1 N–H and O–H groups in total. The van der Waals surface area contributed by atoms with Crippen LogP contribution in [0.2, 0.25) is 0 Å². The van der Waals surface area contributed by atoms with Gasteiger partial charge in [0.15, 0.2) is 0 Å². The van der Waals surface area contributed by atoms with Crippen LogP contribution in [0.5, 0.6) is 5.75 Å². The van der Waals surface area contributed by atoms with Crippen molar-refractivity contribution in [2.75, 3.05) is 27.2 Å². The van der Waals surface area contributed by atoms with Crippen LogP contribution in [0.1, 0.15) is 26.3 Å². The molecule has 0 aliphatic rings. The third kappa shape index (κ3) is 6.08. The van der Waals surface area contributed by atoms with Crippen molar-refractivity contribution >= 4 is 0 Å². The van der Waals surface area contributed by atoms with E-state index in [9.17, 15) is 0 Å². The normalized spacial score (nSPS) is 13.0. The lowest BCUT2D eigenvalue weighted by Gasteiger charge is -2.21. The van der Waals surface area contributed by atoms with Crippen molar-refractivity contribution in [2.45, 2.75) is 33.4 Å². The Kier molecular flexibility index (Phi) is 6.89. The number of ether oxygens (including phenoxy) is 1. The van der Waals surface area contributed by atoms with Gasteiger partial charge in [0, 0.05) is 25.7 Å². The number of rotatable bonds is 8. The largest absolute Gasteiger partial charge is 0.497 e. The van der Waals surface area contributed by atoms with Crippen LogP contribution < -0.4 is 10.1 Å². The standard InChI is InChI=1S/C16H28N2O/c1-13(2)14(3)17-9-10-18(4)12-15-7-6-8-16(11-15)19-5/h6-8,11,13-14,17H,9-10,12H2,1-5H3. The molecule has 1 atom stereocenters. The molecule has 19 heavy (non-hydrogen) atoms. The molecule has 0 saturated carbocycles. The fourth-order valence-corrected chi connectivity index (χ4v) is 1.88. The molecule has 0 aliphatic heterocycles. The molecule has 0 fully saturated rings. The van der Waals surface area contributed by atoms with E-state index in [0.29, 0.717) is 12.0 Å². The zero-order chi connectivity index (χ0) is 14.3. The number of benzene rings is 1. The van der Waals surface area contributed by atoms with Crippen LogP contribution in [0.4, 0.5) is 0 Å². The van der Waals surface area contributed by atoms with Gasteiger partial charge in [0.2, 0.25) is 0 Å². The summed E-state index contributed by atoms with van der Waals surface area (Å²) in [6.45, 7) is 9.77. The summed E-state index contributed by atoms with van der Waals surface area (Å²) in [6, 6.07) is 8.84. The highest BCUT2D eigenvalue weighted by molar-refractivity contribution is 5.28. The SMILES string of the molecule is COc1cccc(CN(C)CCNC(C)C(C)C)c1. The fraction of sp³-hybridized carbons (Fsp3) is 0.625. The molecule has 3 nitrogen and oxygen atoms in total. The van der Waals surface area contributed by atoms with Crippen molar-refractivity contribution in [1.82, 2.24) is 10.2 Å². The first-order valence-corrected chi connectivity index (χ1v) is 7.07. The second kappa shape index (κ2) is 8.18. The molecule has 1 aromatic carbocycles. The van der Waals surface area contributed by atoms with E-state index >= 15 is 0 Å². The van der Waals surface area contributed by atoms with Gasteiger partial charge in [0.25, 0.3) is 0 Å². The minimum Gasteiger partial charge on any atom is -0.497 e. The van der Waals surface area contributed by atoms with Gasteiger partial charge in [-0.15, -0.1) is 0 Å². The van der Waals surface area contributed by atoms with Crippen LogP contribution in [0.3, 0.4) is 0 Å². The number of nitrogens with one attached hydrogen (secondary N) is 1. The molecular weight excluding hydrogens is 236 g/mol. The second-order valence-corrected chi connectivity index (χ2v) is 5.58. The van der Waals surface area contributed by atoms with E-state index < -0.39 is 0 Å². The number of likely N-dealkylation sites (N-methyl/N-ethyl adjacent to an activating group) is 1. The van der Waals surface area contributed by atoms with Crippen LogP contribution in [-0.4, -0.2) is 38.2 Å². The van der Waals surface area contributed by atoms with Gasteiger partial charge < -0.3 is 15.0 Å². The van der Waals surface area contributed by atoms with E-state index in [-0.39, 0.29) is 0 Å². The highest BCUT2D eigenvalue weighted by Gasteiger charge is 2.06. The van der Waals surface area contributed by atoms with Crippen LogP contribution >= 0.6 is 0 Å². The lowest BCUT2D eigenvalue weighted by molar-refractivity contribution is 0.308. The van der Waals surface area contributed by atoms with Gasteiger partial charge in [-0.3, -0.25) is 0 Å². The molecule has 1 rings (SSSR count). The molecule has 0 heterocycles. The predicted octanol–water partition coefficient (Wildman–Crippen LogP) is 2.76. The van der Waals surface area contributed by atoms with Gasteiger partial charge in [-0.05, 0) is 37.6 Å². The summed E-state index contributed by atoms with van der Waals surface area (Å²) in [4.78, 5) is 2.33. The number of nitrogens with zero attached hydrogens (tertiary/aromatic N) is 1. The monoisotopic (exact) mass is 264 g/mol. The summed E-state index contributed by atoms with van der Waals surface area (Å²) >= 11 is 0. The number of methoxy groups -OCH3 is 1. The molecule has 0 spiro atoms. The zero-order valence-electron chi connectivity index (χ0n) is 12.9. The van der Waals surface area contributed by atoms with Crippen molar-refractivity contribution in [1.29, 1.82) is 0 Å². The van der Waals surface area contributed by atoms with Gasteiger partial charge in [-0.2, -0.15) is 0 Å². The molecule has 1 aromatic rings. The minimum absolute atomic E-state index is 0.574. The third-order valence-electron chi connectivity index (χ3n) is 3.55. The van der Waals surface area contributed by atoms with Crippen molar-refractivity contribution in [3.05, 3.63) is 29.8 Å². The van der Waals surface area contributed by atoms with E-state index in [2.05, 4.69) is 50.2 Å². The molecule has 108 valence electrons. The zero-order valence-corrected chi connectivity index (χ0v) is 12.9. The second-order valence-electron chi connectivity index (χ2n) is 5.58. The Bertz CT molecular complexity index is 366. The summed E-state index contributed by atoms with van der Waals surface area (Å²) in [7, 11) is 3.86. The van der Waals surface area contributed by atoms with Crippen molar-refractivity contribution < 1.29 is 4.74 Å². The predicted molar refractivity (Wildman–Crippen MR) is 81.6 cm³/mol. The molecule has 0 amide bonds. The Morgan fingerprint density at radius 1 is 1.26 bits per heavy atom. The fourth-order valence-electron chi connectivity index (χ4n) is 1.88. The first-order chi connectivity index (χ1) is 9.02. The Morgan fingerprint density at radius 3 is 2.63 bits per heavy atom. The van der Waals surface area contributed by atoms with Crippen LogP contribution in [0.25, 0.3) is 0 Å². The average molecular weight is 264 g/mol. The Morgan fingerprint density at radius 2 is 2.00 bits per heavy atom. The molecular formula is C16H28N2O. The third-order valence-corrected chi connectivity index (χ3v) is 3.55. The molecule has 0 bridgehead atoms. The quantitative estimate of drug-likeness (QED) is 0.781. The summed E-state index contributed by atoms with van der Waals surface area (Å²) < 4.78 is 5.24. The summed E-state index contributed by atoms with van der Waals surface area (Å²) in [5, 5.41) is 3.55. The van der Waals surface area contributed by atoms with Crippen molar-refractivity contribution in [2.24, 2.45) is 5.92 Å². The summed E-state index contributed by atoms with van der Waals surface area (Å²) in [5.41, 5.74) is 1.29. The topological polar surface area (TPSA) is 24.5 Å². The van der Waals surface area contributed by atoms with Crippen molar-refractivity contribution in [3.63, 3.8) is 0 Å². The first-order valence-electron chi connectivity index (χ1n) is 7.07. The highest BCUT2D eigenvalue weighted by Crippen LogP contribution is 2.13. The molecule has 1 unspecified atom stereocenters. The highest BCUT2D eigenvalue weighted by atomic mass is 16.5. The van der Waals surface area contributed by atoms with Gasteiger partial charge in [0.05, 0.1) is 7.11 Å². The maximum atomic E-state index is 5.24. The molecule has 0 aromatic heterocycles. The van der Waals surface area contributed by atoms with Gasteiger partial charge in [-0.1, -0.05) is 26.0 Å². The number of hydrogen-bond donors (Lipinski definition) is 1. The summed E-state index contributed by atoms with van der Waals surface area (Å²) in [5.74, 6) is 1.61. The van der Waals surface area contributed by atoms with Crippen LogP contribution in [0, 0.1) is 5.92 Å². The van der Waals surface area contributed by atoms with Crippen molar-refractivity contribution in [3.8, 4) is 5.75 Å². The lowest BCUT2D eigenvalue weighted by atomic mass is 10.1. The molecule has 3 heteroatoms. The first kappa shape index (κ1) is 16.0. The maximum absolute atomic E-state index is 5.24. The van der Waals surface area contributed by atoms with Gasteiger partial charge in [0.1, 0.15) is 5.75 Å². The average Bonchev–Trinajstić information content (AvgIpc) is 2.38. The molecule has 0 aliphatic carbocycles. The molecule has 0 radical (unpaired) electrons. The van der Waals surface area contributed by atoms with Gasteiger partial charge in [-0.25, -0.2) is 0 Å². The van der Waals surface area contributed by atoms with E-state index in [1.54, 1.807) is 7.11 Å². The minimum atomic E-state index is 0.574. The van der Waals surface area contributed by atoms with E-state index in [4.69, 9.17) is 4.74 Å². The van der Waals surface area contributed by atoms with E-state index in [1.165, 1.54) is 5.56 Å². The summed E-state index contributed by atoms with van der Waals surface area (Å²) in [6.07, 6.45) is 0. The smallest absolute Gasteiger partial charge is 0.119 e. The van der Waals surface area contributed by atoms with Crippen LogP contribution in [-0.2, 0) is 6.54 Å².